The van der Waals surface area contributed by atoms with Crippen molar-refractivity contribution in [2.75, 3.05) is 23.9 Å². The first kappa shape index (κ1) is 18.4. The zero-order valence-electron chi connectivity index (χ0n) is 15.4. The lowest BCUT2D eigenvalue weighted by molar-refractivity contribution is 0.0742. The van der Waals surface area contributed by atoms with Gasteiger partial charge < -0.3 is 10.2 Å². The van der Waals surface area contributed by atoms with E-state index in [-0.39, 0.29) is 29.1 Å². The van der Waals surface area contributed by atoms with E-state index < -0.39 is 9.84 Å². The molecule has 1 unspecified atom stereocenters. The number of pyridine rings is 2. The van der Waals surface area contributed by atoms with Gasteiger partial charge >= 0.3 is 0 Å². The average Bonchev–Trinajstić information content (AvgIpc) is 3.07. The van der Waals surface area contributed by atoms with E-state index in [0.717, 1.165) is 22.3 Å². The summed E-state index contributed by atoms with van der Waals surface area (Å²) in [5.74, 6) is -0.131. The third-order valence-electron chi connectivity index (χ3n) is 4.97. The van der Waals surface area contributed by atoms with E-state index in [1.54, 1.807) is 31.6 Å². The molecule has 1 saturated heterocycles. The first-order valence-corrected chi connectivity index (χ1v) is 10.8. The second-order valence-corrected chi connectivity index (χ2v) is 9.14. The molecule has 144 valence electrons. The van der Waals surface area contributed by atoms with Crippen LogP contribution in [0.15, 0.2) is 54.9 Å². The van der Waals surface area contributed by atoms with E-state index in [2.05, 4.69) is 15.3 Å². The average molecular weight is 396 g/mol. The van der Waals surface area contributed by atoms with Crippen LogP contribution in [-0.2, 0) is 9.84 Å². The smallest absolute Gasteiger partial charge is 0.272 e. The fraction of sp³-hybridized carbons (Fsp3) is 0.250. The molecule has 8 heteroatoms. The number of anilines is 2. The molecule has 1 aliphatic heterocycles. The number of sulfone groups is 1. The van der Waals surface area contributed by atoms with Crippen LogP contribution in [0.5, 0.6) is 0 Å². The Morgan fingerprint density at radius 1 is 1.14 bits per heavy atom. The maximum Gasteiger partial charge on any atom is 0.272 e. The van der Waals surface area contributed by atoms with E-state index in [0.29, 0.717) is 6.42 Å². The minimum atomic E-state index is -3.05. The Bertz CT molecular complexity index is 1120. The highest BCUT2D eigenvalue weighted by molar-refractivity contribution is 7.91. The molecular formula is C20H20N4O3S. The van der Waals surface area contributed by atoms with Gasteiger partial charge in [-0.2, -0.15) is 0 Å². The van der Waals surface area contributed by atoms with Crippen molar-refractivity contribution in [1.29, 1.82) is 0 Å². The molecule has 3 heterocycles. The second kappa shape index (κ2) is 7.20. The van der Waals surface area contributed by atoms with E-state index in [4.69, 9.17) is 0 Å². The highest BCUT2D eigenvalue weighted by Crippen LogP contribution is 2.24. The number of carbonyl (C=O) groups is 1. The van der Waals surface area contributed by atoms with Gasteiger partial charge in [0.1, 0.15) is 5.69 Å². The van der Waals surface area contributed by atoms with E-state index in [9.17, 15) is 13.2 Å². The van der Waals surface area contributed by atoms with Crippen molar-refractivity contribution in [2.24, 2.45) is 0 Å². The molecule has 7 nitrogen and oxygen atoms in total. The van der Waals surface area contributed by atoms with Gasteiger partial charge in [0.15, 0.2) is 9.84 Å². The number of aromatic nitrogens is 2. The third-order valence-corrected chi connectivity index (χ3v) is 6.72. The van der Waals surface area contributed by atoms with E-state index in [1.807, 2.05) is 30.3 Å². The van der Waals surface area contributed by atoms with Crippen LogP contribution in [0, 0.1) is 0 Å². The first-order chi connectivity index (χ1) is 13.4. The molecule has 0 bridgehead atoms. The first-order valence-electron chi connectivity index (χ1n) is 8.97. The standard InChI is InChI=1S/C20H20N4O3S/c1-24(16-9-11-28(26,27)13-16)20(25)18-8-7-15(12-22-18)23-17-6-2-4-14-5-3-10-21-19(14)17/h2-8,10,12,16,23H,9,11,13H2,1H3. The molecule has 4 rings (SSSR count). The molecule has 1 amide bonds. The number of nitrogens with zero attached hydrogens (tertiary/aromatic N) is 3. The molecule has 0 aliphatic carbocycles. The molecule has 1 N–H and O–H groups in total. The van der Waals surface area contributed by atoms with Gasteiger partial charge in [-0.3, -0.25) is 9.78 Å². The highest BCUT2D eigenvalue weighted by atomic mass is 32.2. The van der Waals surface area contributed by atoms with Gasteiger partial charge in [-0.05, 0) is 30.7 Å². The number of hydrogen-bond acceptors (Lipinski definition) is 6. The molecule has 1 atom stereocenters. The molecule has 0 saturated carbocycles. The minimum Gasteiger partial charge on any atom is -0.352 e. The summed E-state index contributed by atoms with van der Waals surface area (Å²) in [4.78, 5) is 22.8. The van der Waals surface area contributed by atoms with Crippen LogP contribution >= 0.6 is 0 Å². The lowest BCUT2D eigenvalue weighted by Gasteiger charge is -2.23. The Morgan fingerprint density at radius 3 is 2.68 bits per heavy atom. The SMILES string of the molecule is CN(C(=O)c1ccc(Nc2cccc3cccnc23)cn1)C1CCS(=O)(=O)C1. The van der Waals surface area contributed by atoms with Gasteiger partial charge in [-0.15, -0.1) is 0 Å². The zero-order chi connectivity index (χ0) is 19.7. The number of amides is 1. The summed E-state index contributed by atoms with van der Waals surface area (Å²) >= 11 is 0. The van der Waals surface area contributed by atoms with Crippen molar-refractivity contribution < 1.29 is 13.2 Å². The number of hydrogen-bond donors (Lipinski definition) is 1. The molecule has 1 fully saturated rings. The summed E-state index contributed by atoms with van der Waals surface area (Å²) in [6, 6.07) is 12.9. The molecule has 1 aromatic carbocycles. The predicted molar refractivity (Wildman–Crippen MR) is 108 cm³/mol. The van der Waals surface area contributed by atoms with Gasteiger partial charge in [-0.1, -0.05) is 18.2 Å². The zero-order valence-corrected chi connectivity index (χ0v) is 16.2. The van der Waals surface area contributed by atoms with Crippen molar-refractivity contribution in [3.8, 4) is 0 Å². The summed E-state index contributed by atoms with van der Waals surface area (Å²) in [7, 11) is -1.42. The van der Waals surface area contributed by atoms with E-state index in [1.165, 1.54) is 4.90 Å². The number of benzene rings is 1. The quantitative estimate of drug-likeness (QED) is 0.729. The van der Waals surface area contributed by atoms with Crippen LogP contribution in [-0.4, -0.2) is 53.8 Å². The Hall–Kier alpha value is -3.00. The molecule has 1 aliphatic rings. The normalized spacial score (nSPS) is 18.1. The molecule has 2 aromatic heterocycles. The maximum atomic E-state index is 12.6. The molecule has 3 aromatic rings. The monoisotopic (exact) mass is 396 g/mol. The summed E-state index contributed by atoms with van der Waals surface area (Å²) < 4.78 is 23.3. The Kier molecular flexibility index (Phi) is 4.72. The van der Waals surface area contributed by atoms with Gasteiger partial charge in [0.25, 0.3) is 5.91 Å². The summed E-state index contributed by atoms with van der Waals surface area (Å²) in [6.07, 6.45) is 3.80. The van der Waals surface area contributed by atoms with Gasteiger partial charge in [0, 0.05) is 24.7 Å². The lowest BCUT2D eigenvalue weighted by atomic mass is 10.2. The topological polar surface area (TPSA) is 92.3 Å². The van der Waals surface area contributed by atoms with Crippen molar-refractivity contribution in [3.05, 3.63) is 60.6 Å². The molecule has 28 heavy (non-hydrogen) atoms. The van der Waals surface area contributed by atoms with Crippen molar-refractivity contribution >= 4 is 38.0 Å². The number of para-hydroxylation sites is 1. The van der Waals surface area contributed by atoms with Gasteiger partial charge in [0.05, 0.1) is 34.6 Å². The summed E-state index contributed by atoms with van der Waals surface area (Å²) in [5, 5.41) is 4.31. The second-order valence-electron chi connectivity index (χ2n) is 6.91. The van der Waals surface area contributed by atoms with Gasteiger partial charge in [-0.25, -0.2) is 13.4 Å². The highest BCUT2D eigenvalue weighted by Gasteiger charge is 2.33. The molecule has 0 radical (unpaired) electrons. The van der Waals surface area contributed by atoms with Crippen molar-refractivity contribution in [1.82, 2.24) is 14.9 Å². The lowest BCUT2D eigenvalue weighted by Crippen LogP contribution is -2.38. The fourth-order valence-corrected chi connectivity index (χ4v) is 5.16. The summed E-state index contributed by atoms with van der Waals surface area (Å²) in [5.41, 5.74) is 2.73. The maximum absolute atomic E-state index is 12.6. The van der Waals surface area contributed by atoms with Crippen LogP contribution in [0.25, 0.3) is 10.9 Å². The van der Waals surface area contributed by atoms with Crippen molar-refractivity contribution in [2.45, 2.75) is 12.5 Å². The van der Waals surface area contributed by atoms with Crippen LogP contribution in [0.4, 0.5) is 11.4 Å². The predicted octanol–water partition coefficient (Wildman–Crippen LogP) is 2.63. The number of rotatable bonds is 4. The Morgan fingerprint density at radius 2 is 1.96 bits per heavy atom. The third kappa shape index (κ3) is 3.68. The fourth-order valence-electron chi connectivity index (χ4n) is 3.38. The summed E-state index contributed by atoms with van der Waals surface area (Å²) in [6.45, 7) is 0. The Labute approximate surface area is 163 Å². The van der Waals surface area contributed by atoms with Crippen LogP contribution < -0.4 is 5.32 Å². The van der Waals surface area contributed by atoms with Crippen LogP contribution in [0.1, 0.15) is 16.9 Å². The van der Waals surface area contributed by atoms with Gasteiger partial charge in [0.2, 0.25) is 0 Å². The molecule has 0 spiro atoms. The van der Waals surface area contributed by atoms with Crippen molar-refractivity contribution in [3.63, 3.8) is 0 Å². The van der Waals surface area contributed by atoms with Crippen LogP contribution in [0.2, 0.25) is 0 Å². The van der Waals surface area contributed by atoms with E-state index >= 15 is 0 Å². The minimum absolute atomic E-state index is 0.0168. The van der Waals surface area contributed by atoms with Crippen LogP contribution in [0.3, 0.4) is 0 Å². The Balaban J connectivity index is 1.50. The number of carbonyl (C=O) groups excluding carboxylic acids is 1. The molecular weight excluding hydrogens is 376 g/mol. The largest absolute Gasteiger partial charge is 0.352 e. The number of nitrogens with one attached hydrogen (secondary N) is 1. The number of fused-ring (bicyclic) bond motifs is 1.